The number of hydrogen-bond donors (Lipinski definition) is 2. The van der Waals surface area contributed by atoms with Crippen molar-refractivity contribution in [3.63, 3.8) is 0 Å². The SMILES string of the molecule is CCC1Oc2cc(S(=O)(=O)N3CCCC(C(=O)NCc4ccccc4C)C3)c(C)cc2NC1=O. The number of amides is 2. The minimum Gasteiger partial charge on any atom is -0.478 e. The number of nitrogens with zero attached hydrogens (tertiary/aromatic N) is 1. The zero-order valence-corrected chi connectivity index (χ0v) is 20.6. The second-order valence-corrected chi connectivity index (χ2v) is 10.9. The van der Waals surface area contributed by atoms with Gasteiger partial charge in [-0.25, -0.2) is 8.42 Å². The van der Waals surface area contributed by atoms with E-state index in [1.165, 1.54) is 10.4 Å². The predicted molar refractivity (Wildman–Crippen MR) is 129 cm³/mol. The Morgan fingerprint density at radius 2 is 1.97 bits per heavy atom. The van der Waals surface area contributed by atoms with Crippen LogP contribution in [-0.4, -0.2) is 43.7 Å². The van der Waals surface area contributed by atoms with Gasteiger partial charge in [-0.2, -0.15) is 4.31 Å². The van der Waals surface area contributed by atoms with Crippen LogP contribution in [0.3, 0.4) is 0 Å². The number of piperidine rings is 1. The van der Waals surface area contributed by atoms with Crippen molar-refractivity contribution in [1.82, 2.24) is 9.62 Å². The van der Waals surface area contributed by atoms with Crippen molar-refractivity contribution in [3.8, 4) is 5.75 Å². The molecule has 2 aromatic rings. The first-order valence-corrected chi connectivity index (χ1v) is 13.1. The predicted octanol–water partition coefficient (Wildman–Crippen LogP) is 3.13. The third-order valence-electron chi connectivity index (χ3n) is 6.55. The number of carbonyl (C=O) groups is 2. The largest absolute Gasteiger partial charge is 0.478 e. The van der Waals surface area contributed by atoms with Gasteiger partial charge < -0.3 is 15.4 Å². The number of benzene rings is 2. The lowest BCUT2D eigenvalue weighted by molar-refractivity contribution is -0.126. The Bertz CT molecular complexity index is 1210. The Labute approximate surface area is 200 Å². The second-order valence-electron chi connectivity index (χ2n) is 8.96. The van der Waals surface area contributed by atoms with Crippen molar-refractivity contribution in [2.45, 2.75) is 57.6 Å². The highest BCUT2D eigenvalue weighted by Crippen LogP contribution is 2.36. The average Bonchev–Trinajstić information content (AvgIpc) is 2.82. The van der Waals surface area contributed by atoms with Gasteiger partial charge in [-0.1, -0.05) is 31.2 Å². The van der Waals surface area contributed by atoms with E-state index in [2.05, 4.69) is 10.6 Å². The highest BCUT2D eigenvalue weighted by molar-refractivity contribution is 7.89. The molecule has 0 aliphatic carbocycles. The van der Waals surface area contributed by atoms with Crippen LogP contribution in [0.4, 0.5) is 5.69 Å². The maximum absolute atomic E-state index is 13.6. The van der Waals surface area contributed by atoms with Gasteiger partial charge in [0.2, 0.25) is 15.9 Å². The van der Waals surface area contributed by atoms with E-state index >= 15 is 0 Å². The van der Waals surface area contributed by atoms with E-state index in [0.29, 0.717) is 49.4 Å². The van der Waals surface area contributed by atoms with Gasteiger partial charge in [-0.05, 0) is 55.9 Å². The topological polar surface area (TPSA) is 105 Å². The minimum atomic E-state index is -3.84. The van der Waals surface area contributed by atoms with E-state index in [1.807, 2.05) is 38.1 Å². The maximum Gasteiger partial charge on any atom is 0.265 e. The molecule has 4 rings (SSSR count). The molecule has 0 aromatic heterocycles. The second kappa shape index (κ2) is 9.76. The van der Waals surface area contributed by atoms with Gasteiger partial charge in [0.05, 0.1) is 16.5 Å². The lowest BCUT2D eigenvalue weighted by Gasteiger charge is -2.32. The Morgan fingerprint density at radius 3 is 2.71 bits per heavy atom. The molecule has 0 spiro atoms. The molecule has 2 aliphatic heterocycles. The summed E-state index contributed by atoms with van der Waals surface area (Å²) in [6, 6.07) is 11.0. The molecule has 2 heterocycles. The molecule has 2 N–H and O–H groups in total. The first-order chi connectivity index (χ1) is 16.2. The number of aryl methyl sites for hydroxylation is 2. The zero-order chi connectivity index (χ0) is 24.5. The molecule has 8 nitrogen and oxygen atoms in total. The standard InChI is InChI=1S/C25H31N3O5S/c1-4-21-25(30)27-20-12-17(3)23(13-22(20)33-21)34(31,32)28-11-7-10-19(15-28)24(29)26-14-18-9-6-5-8-16(18)2/h5-6,8-9,12-13,19,21H,4,7,10-11,14-15H2,1-3H3,(H,26,29)(H,27,30). The summed E-state index contributed by atoms with van der Waals surface area (Å²) in [6.07, 6.45) is 1.08. The van der Waals surface area contributed by atoms with Crippen molar-refractivity contribution < 1.29 is 22.7 Å². The number of anilines is 1. The van der Waals surface area contributed by atoms with Gasteiger partial charge in [0, 0.05) is 25.7 Å². The molecule has 0 radical (unpaired) electrons. The van der Waals surface area contributed by atoms with Crippen LogP contribution in [0.25, 0.3) is 0 Å². The number of hydrogen-bond acceptors (Lipinski definition) is 5. The number of rotatable bonds is 6. The van der Waals surface area contributed by atoms with Crippen molar-refractivity contribution in [2.75, 3.05) is 18.4 Å². The molecule has 1 fully saturated rings. The molecule has 2 unspecified atom stereocenters. The molecular formula is C25H31N3O5S. The fourth-order valence-electron chi connectivity index (χ4n) is 4.48. The molecule has 2 amide bonds. The van der Waals surface area contributed by atoms with E-state index < -0.39 is 22.0 Å². The summed E-state index contributed by atoms with van der Waals surface area (Å²) in [6.45, 7) is 6.43. The van der Waals surface area contributed by atoms with Crippen LogP contribution >= 0.6 is 0 Å². The first-order valence-electron chi connectivity index (χ1n) is 11.6. The van der Waals surface area contributed by atoms with E-state index in [1.54, 1.807) is 13.0 Å². The summed E-state index contributed by atoms with van der Waals surface area (Å²) in [5.74, 6) is -0.437. The average molecular weight is 486 g/mol. The summed E-state index contributed by atoms with van der Waals surface area (Å²) in [5.41, 5.74) is 3.13. The number of sulfonamides is 1. The number of ether oxygens (including phenoxy) is 1. The highest BCUT2D eigenvalue weighted by Gasteiger charge is 2.35. The lowest BCUT2D eigenvalue weighted by atomic mass is 9.98. The Balaban J connectivity index is 1.50. The number of fused-ring (bicyclic) bond motifs is 1. The van der Waals surface area contributed by atoms with E-state index in [0.717, 1.165) is 11.1 Å². The smallest absolute Gasteiger partial charge is 0.265 e. The number of nitrogens with one attached hydrogen (secondary N) is 2. The van der Waals surface area contributed by atoms with Crippen molar-refractivity contribution in [2.24, 2.45) is 5.92 Å². The molecule has 2 aliphatic rings. The highest BCUT2D eigenvalue weighted by atomic mass is 32.2. The number of carbonyl (C=O) groups excluding carboxylic acids is 2. The van der Waals surface area contributed by atoms with Gasteiger partial charge in [0.25, 0.3) is 5.91 Å². The molecule has 1 saturated heterocycles. The summed E-state index contributed by atoms with van der Waals surface area (Å²) < 4.78 is 34.3. The third-order valence-corrected chi connectivity index (χ3v) is 8.56. The molecular weight excluding hydrogens is 454 g/mol. The van der Waals surface area contributed by atoms with Crippen LogP contribution in [0.2, 0.25) is 0 Å². The fourth-order valence-corrected chi connectivity index (χ4v) is 6.23. The van der Waals surface area contributed by atoms with Gasteiger partial charge >= 0.3 is 0 Å². The Kier molecular flexibility index (Phi) is 6.95. The van der Waals surface area contributed by atoms with Crippen LogP contribution in [-0.2, 0) is 26.2 Å². The maximum atomic E-state index is 13.6. The van der Waals surface area contributed by atoms with E-state index in [-0.39, 0.29) is 23.3 Å². The Hall–Kier alpha value is -2.91. The first kappa shape index (κ1) is 24.2. The van der Waals surface area contributed by atoms with Gasteiger partial charge in [0.15, 0.2) is 6.10 Å². The van der Waals surface area contributed by atoms with Crippen LogP contribution < -0.4 is 15.4 Å². The quantitative estimate of drug-likeness (QED) is 0.654. The molecule has 2 atom stereocenters. The molecule has 0 saturated carbocycles. The molecule has 9 heteroatoms. The Morgan fingerprint density at radius 1 is 1.21 bits per heavy atom. The van der Waals surface area contributed by atoms with Crippen molar-refractivity contribution in [1.29, 1.82) is 0 Å². The zero-order valence-electron chi connectivity index (χ0n) is 19.8. The summed E-state index contributed by atoms with van der Waals surface area (Å²) >= 11 is 0. The monoisotopic (exact) mass is 485 g/mol. The molecule has 34 heavy (non-hydrogen) atoms. The van der Waals surface area contributed by atoms with E-state index in [4.69, 9.17) is 4.74 Å². The fraction of sp³-hybridized carbons (Fsp3) is 0.440. The normalized spacial score (nSPS) is 20.7. The van der Waals surface area contributed by atoms with Crippen LogP contribution in [0.5, 0.6) is 5.75 Å². The minimum absolute atomic E-state index is 0.133. The molecule has 2 aromatic carbocycles. The van der Waals surface area contributed by atoms with Crippen LogP contribution in [0, 0.1) is 19.8 Å². The summed E-state index contributed by atoms with van der Waals surface area (Å²) in [5, 5.41) is 5.76. The van der Waals surface area contributed by atoms with Crippen LogP contribution in [0.1, 0.15) is 42.9 Å². The lowest BCUT2D eigenvalue weighted by Crippen LogP contribution is -2.45. The van der Waals surface area contributed by atoms with Gasteiger partial charge in [0.1, 0.15) is 5.75 Å². The van der Waals surface area contributed by atoms with Crippen molar-refractivity contribution in [3.05, 3.63) is 53.1 Å². The summed E-state index contributed by atoms with van der Waals surface area (Å²) in [4.78, 5) is 25.1. The third kappa shape index (κ3) is 4.81. The van der Waals surface area contributed by atoms with Gasteiger partial charge in [-0.15, -0.1) is 0 Å². The van der Waals surface area contributed by atoms with E-state index in [9.17, 15) is 18.0 Å². The molecule has 182 valence electrons. The molecule has 0 bridgehead atoms. The van der Waals surface area contributed by atoms with Crippen LogP contribution in [0.15, 0.2) is 41.3 Å². The van der Waals surface area contributed by atoms with Gasteiger partial charge in [-0.3, -0.25) is 9.59 Å². The van der Waals surface area contributed by atoms with Crippen molar-refractivity contribution >= 4 is 27.5 Å². The summed E-state index contributed by atoms with van der Waals surface area (Å²) in [7, 11) is -3.84.